The number of nitrogens with one attached hydrogen (secondary N) is 2. The predicted octanol–water partition coefficient (Wildman–Crippen LogP) is 1.77. The fraction of sp³-hybridized carbons (Fsp3) is 0.944. The van der Waals surface area contributed by atoms with E-state index in [0.717, 1.165) is 6.54 Å². The minimum absolute atomic E-state index is 0.154. The van der Waals surface area contributed by atoms with Crippen molar-refractivity contribution in [1.29, 1.82) is 0 Å². The van der Waals surface area contributed by atoms with Crippen molar-refractivity contribution in [1.82, 2.24) is 15.5 Å². The van der Waals surface area contributed by atoms with Crippen molar-refractivity contribution in [3.8, 4) is 0 Å². The molecule has 0 bridgehead atoms. The molecule has 146 valence electrons. The molecule has 1 aliphatic carbocycles. The predicted molar refractivity (Wildman–Crippen MR) is 105 cm³/mol. The summed E-state index contributed by atoms with van der Waals surface area (Å²) in [4.78, 5) is 6.98. The maximum Gasteiger partial charge on any atom is 0.191 e. The number of likely N-dealkylation sites (tertiary alicyclic amines) is 1. The van der Waals surface area contributed by atoms with E-state index in [4.69, 9.17) is 0 Å². The highest BCUT2D eigenvalue weighted by molar-refractivity contribution is 7.91. The van der Waals surface area contributed by atoms with E-state index in [1.807, 2.05) is 0 Å². The molecule has 0 aromatic rings. The average Bonchev–Trinajstić information content (AvgIpc) is 2.66. The minimum Gasteiger partial charge on any atom is -0.355 e. The quantitative estimate of drug-likeness (QED) is 0.526. The van der Waals surface area contributed by atoms with Gasteiger partial charge in [-0.15, -0.1) is 0 Å². The zero-order valence-electron chi connectivity index (χ0n) is 16.0. The first-order chi connectivity index (χ1) is 12.0. The normalized spacial score (nSPS) is 22.6. The minimum atomic E-state index is -2.94. The molecule has 2 fully saturated rings. The van der Waals surface area contributed by atoms with Crippen molar-refractivity contribution in [2.24, 2.45) is 4.99 Å². The summed E-state index contributed by atoms with van der Waals surface area (Å²) >= 11 is 0. The van der Waals surface area contributed by atoms with Crippen molar-refractivity contribution in [2.75, 3.05) is 44.7 Å². The summed E-state index contributed by atoms with van der Waals surface area (Å²) in [5.74, 6) is 1.06. The number of nitrogens with zero attached hydrogens (tertiary/aromatic N) is 2. The van der Waals surface area contributed by atoms with Crippen molar-refractivity contribution >= 4 is 15.8 Å². The monoisotopic (exact) mass is 372 g/mol. The molecule has 0 spiro atoms. The van der Waals surface area contributed by atoms with E-state index in [9.17, 15) is 8.42 Å². The molecule has 6 nitrogen and oxygen atoms in total. The van der Waals surface area contributed by atoms with Crippen molar-refractivity contribution in [3.05, 3.63) is 0 Å². The molecule has 2 N–H and O–H groups in total. The molecular formula is C18H36N4O2S. The van der Waals surface area contributed by atoms with E-state index < -0.39 is 9.84 Å². The molecule has 7 heteroatoms. The lowest BCUT2D eigenvalue weighted by Gasteiger charge is -2.48. The van der Waals surface area contributed by atoms with Gasteiger partial charge in [0.05, 0.1) is 5.75 Å². The van der Waals surface area contributed by atoms with Crippen LogP contribution in [0.5, 0.6) is 0 Å². The lowest BCUT2D eigenvalue weighted by atomic mass is 9.79. The Bertz CT molecular complexity index is 521. The molecule has 0 aromatic carbocycles. The molecule has 1 aliphatic heterocycles. The average molecular weight is 373 g/mol. The highest BCUT2D eigenvalue weighted by Crippen LogP contribution is 2.35. The number of rotatable bonds is 7. The van der Waals surface area contributed by atoms with Gasteiger partial charge in [-0.2, -0.15) is 0 Å². The van der Waals surface area contributed by atoms with Gasteiger partial charge in [-0.3, -0.25) is 9.89 Å². The van der Waals surface area contributed by atoms with Gasteiger partial charge in [0.2, 0.25) is 0 Å². The summed E-state index contributed by atoms with van der Waals surface area (Å²) in [6, 6.07) is 0. The molecule has 0 aromatic heterocycles. The molecule has 0 atom stereocenters. The third-order valence-electron chi connectivity index (χ3n) is 5.76. The Kier molecular flexibility index (Phi) is 8.00. The van der Waals surface area contributed by atoms with Crippen LogP contribution in [0.4, 0.5) is 0 Å². The molecule has 1 saturated carbocycles. The van der Waals surface area contributed by atoms with Crippen LogP contribution in [0.1, 0.15) is 58.3 Å². The van der Waals surface area contributed by atoms with E-state index >= 15 is 0 Å². The van der Waals surface area contributed by atoms with Gasteiger partial charge in [-0.05, 0) is 38.8 Å². The van der Waals surface area contributed by atoms with Crippen LogP contribution in [0.3, 0.4) is 0 Å². The molecular weight excluding hydrogens is 336 g/mol. The van der Waals surface area contributed by atoms with Crippen LogP contribution >= 0.6 is 0 Å². The van der Waals surface area contributed by atoms with Crippen LogP contribution in [0, 0.1) is 0 Å². The van der Waals surface area contributed by atoms with E-state index in [0.29, 0.717) is 12.5 Å². The number of hydrogen-bond acceptors (Lipinski definition) is 4. The summed E-state index contributed by atoms with van der Waals surface area (Å²) < 4.78 is 23.2. The largest absolute Gasteiger partial charge is 0.355 e. The summed E-state index contributed by atoms with van der Waals surface area (Å²) in [6.45, 7) is 5.42. The molecule has 0 radical (unpaired) electrons. The van der Waals surface area contributed by atoms with Crippen LogP contribution in [0.15, 0.2) is 4.99 Å². The molecule has 0 amide bonds. The molecule has 2 rings (SSSR count). The third-order valence-corrected chi connectivity index (χ3v) is 7.47. The molecule has 1 heterocycles. The maximum atomic E-state index is 11.6. The Morgan fingerprint density at radius 1 is 1.04 bits per heavy atom. The van der Waals surface area contributed by atoms with E-state index in [1.165, 1.54) is 64.5 Å². The standard InChI is InChI=1S/C18H36N4O2S/c1-3-25(23,24)15-12-20-17(19-2)21-16-18(10-6-4-7-11-18)22-13-8-5-9-14-22/h3-16H2,1-2H3,(H2,19,20,21). The molecule has 1 saturated heterocycles. The van der Waals surface area contributed by atoms with E-state index in [-0.39, 0.29) is 17.0 Å². The van der Waals surface area contributed by atoms with Crippen LogP contribution < -0.4 is 10.6 Å². The zero-order chi connectivity index (χ0) is 18.2. The van der Waals surface area contributed by atoms with Crippen LogP contribution in [0.25, 0.3) is 0 Å². The number of guanidine groups is 1. The van der Waals surface area contributed by atoms with Crippen molar-refractivity contribution < 1.29 is 8.42 Å². The number of piperidine rings is 1. The van der Waals surface area contributed by atoms with Crippen LogP contribution in [0.2, 0.25) is 0 Å². The first kappa shape index (κ1) is 20.5. The summed E-state index contributed by atoms with van der Waals surface area (Å²) in [6.07, 6.45) is 10.4. The molecule has 2 aliphatic rings. The Labute approximate surface area is 153 Å². The summed E-state index contributed by atoms with van der Waals surface area (Å²) in [5.41, 5.74) is 0.242. The second-order valence-electron chi connectivity index (χ2n) is 7.42. The van der Waals surface area contributed by atoms with Gasteiger partial charge in [0.25, 0.3) is 0 Å². The Morgan fingerprint density at radius 3 is 2.28 bits per heavy atom. The van der Waals surface area contributed by atoms with Gasteiger partial charge in [-0.25, -0.2) is 8.42 Å². The topological polar surface area (TPSA) is 73.8 Å². The maximum absolute atomic E-state index is 11.6. The summed E-state index contributed by atoms with van der Waals surface area (Å²) in [7, 11) is -1.19. The number of sulfone groups is 1. The van der Waals surface area contributed by atoms with Gasteiger partial charge in [0, 0.05) is 31.4 Å². The second kappa shape index (κ2) is 9.76. The Hall–Kier alpha value is -0.820. The van der Waals surface area contributed by atoms with E-state index in [1.54, 1.807) is 14.0 Å². The van der Waals surface area contributed by atoms with Gasteiger partial charge in [0.15, 0.2) is 15.8 Å². The fourth-order valence-corrected chi connectivity index (χ4v) is 4.82. The first-order valence-electron chi connectivity index (χ1n) is 9.91. The van der Waals surface area contributed by atoms with E-state index in [2.05, 4.69) is 20.5 Å². The lowest BCUT2D eigenvalue weighted by Crippen LogP contribution is -2.59. The van der Waals surface area contributed by atoms with Gasteiger partial charge in [-0.1, -0.05) is 32.6 Å². The van der Waals surface area contributed by atoms with Gasteiger partial charge >= 0.3 is 0 Å². The highest BCUT2D eigenvalue weighted by Gasteiger charge is 2.38. The molecule has 0 unspecified atom stereocenters. The number of aliphatic imine (C=N–C) groups is 1. The SMILES string of the molecule is CCS(=O)(=O)CCNC(=NC)NCC1(N2CCCCC2)CCCCC1. The van der Waals surface area contributed by atoms with Gasteiger partial charge < -0.3 is 10.6 Å². The third kappa shape index (κ3) is 6.13. The highest BCUT2D eigenvalue weighted by atomic mass is 32.2. The lowest BCUT2D eigenvalue weighted by molar-refractivity contribution is 0.0368. The summed E-state index contributed by atoms with van der Waals surface area (Å²) in [5, 5.41) is 6.64. The zero-order valence-corrected chi connectivity index (χ0v) is 16.8. The van der Waals surface area contributed by atoms with Crippen molar-refractivity contribution in [3.63, 3.8) is 0 Å². The smallest absolute Gasteiger partial charge is 0.191 e. The molecule has 25 heavy (non-hydrogen) atoms. The Morgan fingerprint density at radius 2 is 1.68 bits per heavy atom. The Balaban J connectivity index is 1.89. The van der Waals surface area contributed by atoms with Crippen LogP contribution in [-0.4, -0.2) is 69.5 Å². The second-order valence-corrected chi connectivity index (χ2v) is 9.89. The fourth-order valence-electron chi connectivity index (χ4n) is 4.12. The number of hydrogen-bond donors (Lipinski definition) is 2. The van der Waals surface area contributed by atoms with Crippen LogP contribution in [-0.2, 0) is 9.84 Å². The first-order valence-corrected chi connectivity index (χ1v) is 11.7. The van der Waals surface area contributed by atoms with Gasteiger partial charge in [0.1, 0.15) is 0 Å². The van der Waals surface area contributed by atoms with Crippen molar-refractivity contribution in [2.45, 2.75) is 63.8 Å².